The van der Waals surface area contributed by atoms with E-state index in [0.29, 0.717) is 15.7 Å². The molecule has 1 aromatic carbocycles. The highest BCUT2D eigenvalue weighted by molar-refractivity contribution is 8.02. The molecule has 1 atom stereocenters. The van der Waals surface area contributed by atoms with Crippen LogP contribution < -0.4 is 5.32 Å². The molecule has 1 aromatic heterocycles. The van der Waals surface area contributed by atoms with Gasteiger partial charge in [-0.2, -0.15) is 0 Å². The Labute approximate surface area is 135 Å². The smallest absolute Gasteiger partial charge is 0.237 e. The Morgan fingerprint density at radius 2 is 2.20 bits per heavy atom. The van der Waals surface area contributed by atoms with E-state index in [1.165, 1.54) is 23.1 Å². The third-order valence-electron chi connectivity index (χ3n) is 2.43. The maximum Gasteiger partial charge on any atom is 0.237 e. The van der Waals surface area contributed by atoms with Crippen LogP contribution in [0.1, 0.15) is 12.6 Å². The minimum absolute atomic E-state index is 0.132. The summed E-state index contributed by atoms with van der Waals surface area (Å²) in [4.78, 5) is 16.5. The molecule has 1 heterocycles. The summed E-state index contributed by atoms with van der Waals surface area (Å²) < 4.78 is 0.877. The zero-order valence-corrected chi connectivity index (χ0v) is 14.0. The van der Waals surface area contributed by atoms with E-state index in [1.807, 2.05) is 19.2 Å². The van der Waals surface area contributed by atoms with Crippen molar-refractivity contribution in [3.63, 3.8) is 0 Å². The first-order chi connectivity index (χ1) is 9.45. The minimum Gasteiger partial charge on any atom is -0.324 e. The van der Waals surface area contributed by atoms with Gasteiger partial charge in [-0.3, -0.25) is 4.79 Å². The zero-order chi connectivity index (χ0) is 14.7. The Balaban J connectivity index is 2.02. The van der Waals surface area contributed by atoms with E-state index in [1.54, 1.807) is 18.2 Å². The van der Waals surface area contributed by atoms with Gasteiger partial charge >= 0.3 is 0 Å². The van der Waals surface area contributed by atoms with Crippen molar-refractivity contribution in [1.82, 2.24) is 4.98 Å². The number of nitrogens with zero attached hydrogens (tertiary/aromatic N) is 1. The summed E-state index contributed by atoms with van der Waals surface area (Å²) in [6, 6.07) is 4.96. The molecule has 0 radical (unpaired) electrons. The Kier molecular flexibility index (Phi) is 5.32. The average molecular weight is 347 g/mol. The lowest BCUT2D eigenvalue weighted by atomic mass is 10.3. The lowest BCUT2D eigenvalue weighted by molar-refractivity contribution is -0.115. The second kappa shape index (κ2) is 6.80. The zero-order valence-electron chi connectivity index (χ0n) is 10.8. The largest absolute Gasteiger partial charge is 0.324 e. The van der Waals surface area contributed by atoms with Gasteiger partial charge in [0.25, 0.3) is 0 Å². The van der Waals surface area contributed by atoms with E-state index >= 15 is 0 Å². The van der Waals surface area contributed by atoms with Gasteiger partial charge in [-0.25, -0.2) is 4.98 Å². The molecule has 0 aliphatic rings. The fourth-order valence-electron chi connectivity index (χ4n) is 1.42. The number of thiazole rings is 1. The second-order valence-electron chi connectivity index (χ2n) is 4.13. The van der Waals surface area contributed by atoms with E-state index in [4.69, 9.17) is 23.2 Å². The first-order valence-corrected chi connectivity index (χ1v) is 8.32. The summed E-state index contributed by atoms with van der Waals surface area (Å²) in [5.41, 5.74) is 1.48. The predicted octanol–water partition coefficient (Wildman–Crippen LogP) is 4.88. The van der Waals surface area contributed by atoms with E-state index in [9.17, 15) is 4.79 Å². The van der Waals surface area contributed by atoms with Crippen LogP contribution in [-0.2, 0) is 4.79 Å². The number of hydrogen-bond acceptors (Lipinski definition) is 4. The molecule has 1 N–H and O–H groups in total. The number of amides is 1. The molecule has 2 rings (SSSR count). The van der Waals surface area contributed by atoms with Crippen molar-refractivity contribution < 1.29 is 4.79 Å². The van der Waals surface area contributed by atoms with Crippen molar-refractivity contribution in [2.45, 2.75) is 23.4 Å². The summed E-state index contributed by atoms with van der Waals surface area (Å²) in [6.45, 7) is 3.76. The van der Waals surface area contributed by atoms with Crippen molar-refractivity contribution in [3.05, 3.63) is 39.3 Å². The van der Waals surface area contributed by atoms with Gasteiger partial charge in [-0.1, -0.05) is 35.0 Å². The Bertz CT molecular complexity index is 631. The topological polar surface area (TPSA) is 42.0 Å². The van der Waals surface area contributed by atoms with E-state index in [0.717, 1.165) is 10.0 Å². The van der Waals surface area contributed by atoms with Gasteiger partial charge < -0.3 is 5.32 Å². The molecule has 20 heavy (non-hydrogen) atoms. The molecule has 0 aliphatic heterocycles. The van der Waals surface area contributed by atoms with Crippen molar-refractivity contribution in [2.75, 3.05) is 5.32 Å². The van der Waals surface area contributed by atoms with Crippen molar-refractivity contribution in [1.29, 1.82) is 0 Å². The van der Waals surface area contributed by atoms with E-state index < -0.39 is 0 Å². The Hall–Kier alpha value is -0.750. The van der Waals surface area contributed by atoms with Gasteiger partial charge in [0, 0.05) is 16.1 Å². The number of rotatable bonds is 4. The summed E-state index contributed by atoms with van der Waals surface area (Å²) in [7, 11) is 0. The molecule has 0 bridgehead atoms. The van der Waals surface area contributed by atoms with Gasteiger partial charge in [0.05, 0.1) is 16.0 Å². The van der Waals surface area contributed by atoms with Gasteiger partial charge in [0.15, 0.2) is 4.34 Å². The van der Waals surface area contributed by atoms with Crippen molar-refractivity contribution in [2.24, 2.45) is 0 Å². The molecule has 7 heteroatoms. The van der Waals surface area contributed by atoms with Crippen LogP contribution in [0.15, 0.2) is 27.9 Å². The number of halogens is 2. The van der Waals surface area contributed by atoms with Crippen LogP contribution >= 0.6 is 46.3 Å². The van der Waals surface area contributed by atoms with E-state index in [-0.39, 0.29) is 11.2 Å². The second-order valence-corrected chi connectivity index (χ2v) is 7.42. The monoisotopic (exact) mass is 346 g/mol. The number of hydrogen-bond donors (Lipinski definition) is 1. The molecule has 0 spiro atoms. The standard InChI is InChI=1S/C13H12Cl2N2OS2/c1-7-6-19-13(16-7)20-8(2)12(18)17-11-5-9(14)3-4-10(11)15/h3-6,8H,1-2H3,(H,17,18). The quantitative estimate of drug-likeness (QED) is 0.802. The predicted molar refractivity (Wildman–Crippen MR) is 87.3 cm³/mol. The molecule has 0 fully saturated rings. The first-order valence-electron chi connectivity index (χ1n) is 5.80. The van der Waals surface area contributed by atoms with Crippen LogP contribution in [0.25, 0.3) is 0 Å². The average Bonchev–Trinajstić information content (AvgIpc) is 2.79. The highest BCUT2D eigenvalue weighted by Crippen LogP contribution is 2.29. The molecule has 1 unspecified atom stereocenters. The van der Waals surface area contributed by atoms with Crippen molar-refractivity contribution >= 4 is 57.9 Å². The van der Waals surface area contributed by atoms with Gasteiger partial charge in [0.1, 0.15) is 0 Å². The Morgan fingerprint density at radius 3 is 2.85 bits per heavy atom. The number of carbonyl (C=O) groups is 1. The maximum atomic E-state index is 12.1. The van der Waals surface area contributed by atoms with Crippen LogP contribution in [-0.4, -0.2) is 16.1 Å². The Morgan fingerprint density at radius 1 is 1.45 bits per heavy atom. The third kappa shape index (κ3) is 4.12. The maximum absolute atomic E-state index is 12.1. The number of benzene rings is 1. The van der Waals surface area contributed by atoms with Crippen LogP contribution in [0.2, 0.25) is 10.0 Å². The lowest BCUT2D eigenvalue weighted by Gasteiger charge is -2.11. The third-order valence-corrected chi connectivity index (χ3v) is 5.19. The molecule has 1 amide bonds. The molecular weight excluding hydrogens is 335 g/mol. The number of nitrogens with one attached hydrogen (secondary N) is 1. The van der Waals surface area contributed by atoms with E-state index in [2.05, 4.69) is 10.3 Å². The van der Waals surface area contributed by atoms with Crippen LogP contribution in [0.3, 0.4) is 0 Å². The van der Waals surface area contributed by atoms with Gasteiger partial charge in [0.2, 0.25) is 5.91 Å². The minimum atomic E-state index is -0.268. The molecule has 0 aliphatic carbocycles. The number of aryl methyl sites for hydroxylation is 1. The highest BCUT2D eigenvalue weighted by atomic mass is 35.5. The van der Waals surface area contributed by atoms with Gasteiger partial charge in [-0.05, 0) is 32.0 Å². The SMILES string of the molecule is Cc1csc(SC(C)C(=O)Nc2cc(Cl)ccc2Cl)n1. The number of thioether (sulfide) groups is 1. The fourth-order valence-corrected chi connectivity index (χ4v) is 3.74. The highest BCUT2D eigenvalue weighted by Gasteiger charge is 2.17. The van der Waals surface area contributed by atoms with Crippen LogP contribution in [0.4, 0.5) is 5.69 Å². The molecule has 106 valence electrons. The van der Waals surface area contributed by atoms with Crippen molar-refractivity contribution in [3.8, 4) is 0 Å². The lowest BCUT2D eigenvalue weighted by Crippen LogP contribution is -2.22. The first kappa shape index (κ1) is 15.6. The molecule has 2 aromatic rings. The summed E-state index contributed by atoms with van der Waals surface area (Å²) in [6.07, 6.45) is 0. The molecule has 0 saturated carbocycles. The number of aromatic nitrogens is 1. The summed E-state index contributed by atoms with van der Waals surface area (Å²) in [5.74, 6) is -0.132. The molecule has 0 saturated heterocycles. The fraction of sp³-hybridized carbons (Fsp3) is 0.231. The van der Waals surface area contributed by atoms with Crippen LogP contribution in [0.5, 0.6) is 0 Å². The summed E-state index contributed by atoms with van der Waals surface area (Å²) in [5, 5.41) is 5.46. The van der Waals surface area contributed by atoms with Gasteiger partial charge in [-0.15, -0.1) is 11.3 Å². The van der Waals surface area contributed by atoms with Crippen LogP contribution in [0, 0.1) is 6.92 Å². The molecule has 3 nitrogen and oxygen atoms in total. The molecular formula is C13H12Cl2N2OS2. The normalized spacial score (nSPS) is 12.2. The summed E-state index contributed by atoms with van der Waals surface area (Å²) >= 11 is 14.9. The number of anilines is 1. The number of carbonyl (C=O) groups excluding carboxylic acids is 1.